The number of aromatic nitrogens is 2. The van der Waals surface area contributed by atoms with Gasteiger partial charge in [0.1, 0.15) is 12.4 Å². The molecule has 0 fully saturated rings. The van der Waals surface area contributed by atoms with Gasteiger partial charge in [-0.3, -0.25) is 0 Å². The molecule has 0 bridgehead atoms. The van der Waals surface area contributed by atoms with Crippen molar-refractivity contribution in [3.05, 3.63) is 71.2 Å². The number of nitrogens with zero attached hydrogens (tertiary/aromatic N) is 4. The van der Waals surface area contributed by atoms with Gasteiger partial charge in [0.05, 0.1) is 18.7 Å². The monoisotopic (exact) mass is 444 g/mol. The Labute approximate surface area is 170 Å². The first-order valence-electron chi connectivity index (χ1n) is 8.45. The first kappa shape index (κ1) is 22.1. The molecule has 2 aromatic carbocycles. The molecule has 1 aromatic heterocycles. The van der Waals surface area contributed by atoms with Crippen molar-refractivity contribution >= 4 is 11.4 Å². The van der Waals surface area contributed by atoms with Crippen LogP contribution >= 0.6 is 0 Å². The number of rotatable bonds is 5. The maximum Gasteiger partial charge on any atom is 0.407 e. The van der Waals surface area contributed by atoms with Crippen LogP contribution in [0.5, 0.6) is 0 Å². The zero-order valence-corrected chi connectivity index (χ0v) is 15.3. The summed E-state index contributed by atoms with van der Waals surface area (Å²) in [7, 11) is 0. The summed E-state index contributed by atoms with van der Waals surface area (Å²) in [5, 5.41) is 3.61. The largest absolute Gasteiger partial charge is 0.407 e. The van der Waals surface area contributed by atoms with Gasteiger partial charge in [0, 0.05) is 11.3 Å². The minimum absolute atomic E-state index is 0.0266. The molecule has 31 heavy (non-hydrogen) atoms. The van der Waals surface area contributed by atoms with Crippen molar-refractivity contribution in [1.29, 1.82) is 0 Å². The Hall–Kier alpha value is -3.62. The lowest BCUT2D eigenvalue weighted by molar-refractivity contribution is -0.136. The molecular weight excluding hydrogens is 433 g/mol. The van der Waals surface area contributed by atoms with Crippen LogP contribution in [-0.2, 0) is 12.7 Å². The molecule has 0 saturated heterocycles. The predicted molar refractivity (Wildman–Crippen MR) is 94.5 cm³/mol. The summed E-state index contributed by atoms with van der Waals surface area (Å²) in [4.78, 5) is 7.27. The average molecular weight is 444 g/mol. The normalized spacial score (nSPS) is 11.9. The molecule has 0 unspecified atom stereocenters. The highest BCUT2D eigenvalue weighted by molar-refractivity contribution is 5.62. The van der Waals surface area contributed by atoms with Crippen LogP contribution in [0.2, 0.25) is 0 Å². The molecule has 0 aliphatic carbocycles. The quantitative estimate of drug-likeness (QED) is 0.357. The molecule has 162 valence electrons. The smallest absolute Gasteiger partial charge is 0.353 e. The first-order valence-corrected chi connectivity index (χ1v) is 8.45. The number of anilines is 1. The maximum atomic E-state index is 13.2. The fraction of sp³-hybridized carbons (Fsp3) is 0.211. The van der Waals surface area contributed by atoms with E-state index in [1.807, 2.05) is 0 Å². The van der Waals surface area contributed by atoms with Crippen LogP contribution < -0.4 is 4.90 Å². The molecule has 0 aliphatic heterocycles. The topological polar surface area (TPSA) is 46.5 Å². The molecule has 12 heteroatoms. The predicted octanol–water partition coefficient (Wildman–Crippen LogP) is 6.01. The number of alkyl halides is 6. The third-order valence-electron chi connectivity index (χ3n) is 4.04. The molecule has 0 radical (unpaired) electrons. The molecule has 3 aromatic rings. The minimum Gasteiger partial charge on any atom is -0.353 e. The lowest BCUT2D eigenvalue weighted by atomic mass is 10.1. The van der Waals surface area contributed by atoms with E-state index in [2.05, 4.69) is 15.0 Å². The molecular formula is C19H11F7N4O. The summed E-state index contributed by atoms with van der Waals surface area (Å²) in [5.74, 6) is -0.847. The second kappa shape index (κ2) is 8.25. The van der Waals surface area contributed by atoms with E-state index in [9.17, 15) is 30.7 Å². The van der Waals surface area contributed by atoms with Crippen molar-refractivity contribution in [3.8, 4) is 11.4 Å². The van der Waals surface area contributed by atoms with E-state index in [0.29, 0.717) is 16.5 Å². The molecule has 0 N–H and O–H groups in total. The SMILES string of the molecule is [C-]#[N+]c1ccc(N(Cc2nc(-c3ccc(F)cc3)no2)CC(F)(F)F)cc1C(F)(F)F. The third-order valence-corrected chi connectivity index (χ3v) is 4.04. The van der Waals surface area contributed by atoms with Gasteiger partial charge in [-0.2, -0.15) is 31.3 Å². The minimum atomic E-state index is -4.93. The highest BCUT2D eigenvalue weighted by Gasteiger charge is 2.36. The summed E-state index contributed by atoms with van der Waals surface area (Å²) in [5.41, 5.74) is -2.19. The van der Waals surface area contributed by atoms with Crippen LogP contribution in [0.4, 0.5) is 42.1 Å². The van der Waals surface area contributed by atoms with Crippen LogP contribution in [0.3, 0.4) is 0 Å². The van der Waals surface area contributed by atoms with Crippen LogP contribution in [0, 0.1) is 12.4 Å². The Morgan fingerprint density at radius 2 is 1.68 bits per heavy atom. The van der Waals surface area contributed by atoms with Gasteiger partial charge in [0.2, 0.25) is 11.7 Å². The summed E-state index contributed by atoms with van der Waals surface area (Å²) >= 11 is 0. The number of halogens is 7. The van der Waals surface area contributed by atoms with Crippen molar-refractivity contribution in [3.63, 3.8) is 0 Å². The fourth-order valence-electron chi connectivity index (χ4n) is 2.70. The summed E-state index contributed by atoms with van der Waals surface area (Å²) in [6, 6.07) is 7.15. The van der Waals surface area contributed by atoms with Crippen molar-refractivity contribution in [2.75, 3.05) is 11.4 Å². The second-order valence-electron chi connectivity index (χ2n) is 6.30. The standard InChI is InChI=1S/C19H11F7N4O/c1-27-15-7-6-13(8-14(15)19(24,25)26)30(10-18(21,22)23)9-16-28-17(29-31-16)11-2-4-12(20)5-3-11/h2-8H,9-10H2. The molecule has 5 nitrogen and oxygen atoms in total. The number of hydrogen-bond donors (Lipinski definition) is 0. The third kappa shape index (κ3) is 5.50. The molecule has 0 spiro atoms. The zero-order valence-electron chi connectivity index (χ0n) is 15.3. The Kier molecular flexibility index (Phi) is 5.88. The van der Waals surface area contributed by atoms with Gasteiger partial charge in [0.15, 0.2) is 5.69 Å². The van der Waals surface area contributed by atoms with Crippen molar-refractivity contribution in [2.24, 2.45) is 0 Å². The molecule has 3 rings (SSSR count). The molecule has 0 aliphatic rings. The number of benzene rings is 2. The zero-order chi connectivity index (χ0) is 22.8. The van der Waals surface area contributed by atoms with Crippen LogP contribution in [0.15, 0.2) is 47.0 Å². The van der Waals surface area contributed by atoms with Gasteiger partial charge < -0.3 is 9.42 Å². The van der Waals surface area contributed by atoms with Crippen LogP contribution in [0.1, 0.15) is 11.5 Å². The maximum absolute atomic E-state index is 13.2. The highest BCUT2D eigenvalue weighted by Crippen LogP contribution is 2.39. The van der Waals surface area contributed by atoms with E-state index in [1.54, 1.807) is 0 Å². The van der Waals surface area contributed by atoms with E-state index in [0.717, 1.165) is 24.3 Å². The Balaban J connectivity index is 1.94. The molecule has 0 amide bonds. The Morgan fingerprint density at radius 1 is 1.00 bits per heavy atom. The van der Waals surface area contributed by atoms with Gasteiger partial charge in [-0.05, 0) is 36.4 Å². The summed E-state index contributed by atoms with van der Waals surface area (Å²) in [6.45, 7) is 4.59. The van der Waals surface area contributed by atoms with Crippen LogP contribution in [0.25, 0.3) is 16.2 Å². The summed E-state index contributed by atoms with van der Waals surface area (Å²) in [6.07, 6.45) is -9.68. The Morgan fingerprint density at radius 3 is 2.26 bits per heavy atom. The van der Waals surface area contributed by atoms with Gasteiger partial charge in [0.25, 0.3) is 0 Å². The number of hydrogen-bond acceptors (Lipinski definition) is 4. The van der Waals surface area contributed by atoms with Gasteiger partial charge in [-0.1, -0.05) is 11.2 Å². The van der Waals surface area contributed by atoms with Crippen LogP contribution in [-0.4, -0.2) is 22.9 Å². The van der Waals surface area contributed by atoms with Gasteiger partial charge >= 0.3 is 12.4 Å². The first-order chi connectivity index (χ1) is 14.5. The fourth-order valence-corrected chi connectivity index (χ4v) is 2.70. The molecule has 1 heterocycles. The van der Waals surface area contributed by atoms with Gasteiger partial charge in [-0.15, -0.1) is 0 Å². The van der Waals surface area contributed by atoms with Crippen molar-refractivity contribution in [2.45, 2.75) is 18.9 Å². The van der Waals surface area contributed by atoms with Crippen molar-refractivity contribution in [1.82, 2.24) is 10.1 Å². The average Bonchev–Trinajstić information content (AvgIpc) is 3.14. The van der Waals surface area contributed by atoms with E-state index in [-0.39, 0.29) is 11.7 Å². The van der Waals surface area contributed by atoms with E-state index >= 15 is 0 Å². The molecule has 0 saturated carbocycles. The van der Waals surface area contributed by atoms with E-state index in [1.165, 1.54) is 12.1 Å². The lowest BCUT2D eigenvalue weighted by Gasteiger charge is -2.25. The van der Waals surface area contributed by atoms with Crippen molar-refractivity contribution < 1.29 is 35.3 Å². The molecule has 0 atom stereocenters. The summed E-state index contributed by atoms with van der Waals surface area (Å²) < 4.78 is 96.8. The van der Waals surface area contributed by atoms with Gasteiger partial charge in [-0.25, -0.2) is 9.24 Å². The Bertz CT molecular complexity index is 1100. The highest BCUT2D eigenvalue weighted by atomic mass is 19.4. The van der Waals surface area contributed by atoms with E-state index in [4.69, 9.17) is 11.1 Å². The second-order valence-corrected chi connectivity index (χ2v) is 6.30. The van der Waals surface area contributed by atoms with E-state index < -0.39 is 48.2 Å². The lowest BCUT2D eigenvalue weighted by Crippen LogP contribution is -2.34.